The third-order valence-electron chi connectivity index (χ3n) is 21.8. The maximum atomic E-state index is 16.7. The van der Waals surface area contributed by atoms with Gasteiger partial charge >= 0.3 is 11.9 Å². The van der Waals surface area contributed by atoms with Crippen molar-refractivity contribution in [3.05, 3.63) is 170 Å². The Morgan fingerprint density at radius 3 is 1.96 bits per heavy atom. The zero-order valence-electron chi connectivity index (χ0n) is 64.4. The Kier molecular flexibility index (Phi) is 26.9. The maximum Gasteiger partial charge on any atom is 0.335 e. The summed E-state index contributed by atoms with van der Waals surface area (Å²) < 4.78 is 44.3. The van der Waals surface area contributed by atoms with E-state index in [0.29, 0.717) is 18.4 Å². The molecule has 21 N–H and O–H groups in total. The van der Waals surface area contributed by atoms with E-state index in [1.54, 1.807) is 0 Å². The Labute approximate surface area is 698 Å². The van der Waals surface area contributed by atoms with Gasteiger partial charge in [0.2, 0.25) is 47.6 Å². The lowest BCUT2D eigenvalue weighted by atomic mass is 9.89. The molecule has 1 aliphatic carbocycles. The van der Waals surface area contributed by atoms with Gasteiger partial charge in [-0.1, -0.05) is 105 Å². The molecule has 0 aromatic heterocycles. The van der Waals surface area contributed by atoms with Gasteiger partial charge in [0.25, 0.3) is 0 Å². The third kappa shape index (κ3) is 18.9. The largest absolute Gasteiger partial charge is 0.508 e. The quantitative estimate of drug-likeness (QED) is 0.0549. The first-order chi connectivity index (χ1) is 57.8. The van der Waals surface area contributed by atoms with Crippen molar-refractivity contribution >= 4 is 76.5 Å². The number of aliphatic hydroxyl groups excluding tert-OH is 7. The first-order valence-corrected chi connectivity index (χ1v) is 39.5. The number of halogens is 2. The highest BCUT2D eigenvalue weighted by molar-refractivity contribution is 6.33. The van der Waals surface area contributed by atoms with Crippen LogP contribution in [0.15, 0.2) is 127 Å². The van der Waals surface area contributed by atoms with E-state index in [1.165, 1.54) is 49.5 Å². The van der Waals surface area contributed by atoms with Crippen LogP contribution >= 0.6 is 23.2 Å². The number of amides is 7. The second-order valence-electron chi connectivity index (χ2n) is 30.0. The van der Waals surface area contributed by atoms with Crippen molar-refractivity contribution in [3.8, 4) is 62.9 Å². The smallest absolute Gasteiger partial charge is 0.335 e. The monoisotopic (exact) mass is 1720 g/mol. The number of phenols is 4. The predicted molar refractivity (Wildman–Crippen MR) is 419 cm³/mol. The number of ether oxygens (including phenoxy) is 7. The number of rotatable bonds is 18. The van der Waals surface area contributed by atoms with E-state index in [0.717, 1.165) is 111 Å². The number of phenolic OH excluding ortho intramolecular Hbond substituents is 4. The van der Waals surface area contributed by atoms with Gasteiger partial charge in [0.1, 0.15) is 131 Å². The molecule has 644 valence electrons. The highest BCUT2D eigenvalue weighted by atomic mass is 35.5. The molecule has 8 aliphatic heterocycles. The number of aliphatic hydroxyl groups is 7. The molecule has 121 heavy (non-hydrogen) atoms. The summed E-state index contributed by atoms with van der Waals surface area (Å²) in [4.78, 5) is 136. The van der Waals surface area contributed by atoms with Crippen molar-refractivity contribution in [1.29, 1.82) is 0 Å². The average molecular weight is 1720 g/mol. The lowest BCUT2D eigenvalue weighted by Gasteiger charge is -2.43. The molecule has 6 aromatic carbocycles. The topological polar surface area (TPSA) is 577 Å². The molecule has 20 atom stereocenters. The summed E-state index contributed by atoms with van der Waals surface area (Å²) in [6, 6.07) is 2.71. The minimum atomic E-state index is -2.43. The van der Waals surface area contributed by atoms with Crippen LogP contribution in [0.5, 0.6) is 51.7 Å². The number of aromatic hydroxyl groups is 4. The van der Waals surface area contributed by atoms with Gasteiger partial charge in [-0.15, -0.1) is 0 Å². The number of carboxylic acid groups (broad SMARTS) is 2. The molecule has 39 heteroatoms. The lowest BCUT2D eigenvalue weighted by Crippen LogP contribution is -2.66. The van der Waals surface area contributed by atoms with Crippen LogP contribution < -0.4 is 61.5 Å². The van der Waals surface area contributed by atoms with Crippen molar-refractivity contribution in [1.82, 2.24) is 42.5 Å². The van der Waals surface area contributed by atoms with Crippen LogP contribution in [0.2, 0.25) is 10.0 Å². The van der Waals surface area contributed by atoms with Gasteiger partial charge in [-0.25, -0.2) is 9.59 Å². The fraction of sp³-hybridized carbons (Fsp3) is 0.402. The Hall–Kier alpha value is -11.4. The highest BCUT2D eigenvalue weighted by Gasteiger charge is 2.53. The number of likely N-dealkylation sites (N-methyl/N-ethyl adjacent to an activating group) is 1. The van der Waals surface area contributed by atoms with E-state index in [2.05, 4.69) is 49.5 Å². The number of hydrogen-bond donors (Lipinski definition) is 21. The number of nitrogens with one attached hydrogen (secondary N) is 8. The number of unbranched alkanes of at least 4 members (excludes halogenated alkanes) is 7. The van der Waals surface area contributed by atoms with E-state index in [4.69, 9.17) is 56.4 Å². The minimum Gasteiger partial charge on any atom is -0.508 e. The molecule has 9 aliphatic rings. The van der Waals surface area contributed by atoms with Gasteiger partial charge in [-0.3, -0.25) is 33.6 Å². The van der Waals surface area contributed by atoms with E-state index in [-0.39, 0.29) is 34.8 Å². The van der Waals surface area contributed by atoms with Gasteiger partial charge in [-0.05, 0) is 114 Å². The van der Waals surface area contributed by atoms with Crippen molar-refractivity contribution in [2.45, 2.75) is 193 Å². The maximum absolute atomic E-state index is 16.7. The molecule has 0 radical (unpaired) electrons. The number of carbonyl (C=O) groups excluding carboxylic acids is 7. The van der Waals surface area contributed by atoms with Gasteiger partial charge in [-0.2, -0.15) is 0 Å². The standard InChI is InChI=1S/C82H88Cl2N8O29/c1-3-4-5-6-7-8-9-10-11-55(98)87-64-67(101)69(103)72(80(113)114)121-81(64)120-71-52-26-37-27-53(71)117-49-21-16-36(24-44(49)83)65(99)63-78(110)91-62(79(111)112)42-28-38(94)29-51(118-82-70(104)68(102)66(100)54(32-93)119-82)56(42)41-23-34(14-19-46(41)95)59(75(107)92-63)88-76(108)60(37)89-77(109)61-43-30-40(31-48(97)57(43)84)116-50-25-35(15-20-47(50)96)58(85-2)74(106)86-45(73(105)90-61)22-33-12-17-39(115-52)18-13-33/h12-21,23-31,45,53-54,58-72,81-82,85,93-97,99-104H,3-11,22,32H2,1-2H3,(H,86,106)(H,87,98)(H,88,108)(H,89,109)(H,90,105)(H,91,110)(H,92,107)(H,111,112)(H,113,114)/t45-,53?,54-,58-,59-,60-,61+,62+,63+,64-,65-,66-,67-,68+,69+,70+,71?,72+,81-,82+/m1/s1. The van der Waals surface area contributed by atoms with Gasteiger partial charge in [0, 0.05) is 47.2 Å². The molecule has 17 bridgehead atoms. The van der Waals surface area contributed by atoms with Gasteiger partial charge in [0.15, 0.2) is 42.1 Å². The van der Waals surface area contributed by atoms with Crippen LogP contribution in [0.3, 0.4) is 0 Å². The fourth-order valence-corrected chi connectivity index (χ4v) is 15.8. The number of benzene rings is 6. The molecule has 15 rings (SSSR count). The number of hydrogen-bond acceptors (Lipinski definition) is 28. The van der Waals surface area contributed by atoms with Crippen LogP contribution in [0.25, 0.3) is 11.1 Å². The second kappa shape index (κ2) is 37.3. The molecule has 2 unspecified atom stereocenters. The van der Waals surface area contributed by atoms with Crippen LogP contribution in [0.1, 0.15) is 128 Å². The Morgan fingerprint density at radius 2 is 1.26 bits per heavy atom. The Bertz CT molecular complexity index is 5060. The molecule has 7 amide bonds. The minimum absolute atomic E-state index is 0.118. The lowest BCUT2D eigenvalue weighted by molar-refractivity contribution is -0.278. The molecule has 37 nitrogen and oxygen atoms in total. The molecule has 2 fully saturated rings. The Morgan fingerprint density at radius 1 is 0.579 bits per heavy atom. The normalized spacial score (nSPS) is 28.5. The molecule has 2 saturated heterocycles. The summed E-state index contributed by atoms with van der Waals surface area (Å²) in [5.74, 6) is -17.8. The number of carbonyl (C=O) groups is 9. The van der Waals surface area contributed by atoms with Crippen molar-refractivity contribution in [2.75, 3.05) is 13.7 Å². The fourth-order valence-electron chi connectivity index (χ4n) is 15.4. The van der Waals surface area contributed by atoms with Crippen LogP contribution in [0, 0.1) is 0 Å². The zero-order valence-corrected chi connectivity index (χ0v) is 65.9. The molecule has 0 spiro atoms. The molecular formula is C82H88Cl2N8O29. The van der Waals surface area contributed by atoms with Crippen LogP contribution in [-0.2, 0) is 63.8 Å². The van der Waals surface area contributed by atoms with Crippen LogP contribution in [-0.4, -0.2) is 225 Å². The van der Waals surface area contributed by atoms with E-state index in [1.807, 2.05) is 0 Å². The first kappa shape index (κ1) is 87.4. The van der Waals surface area contributed by atoms with E-state index < -0.39 is 272 Å². The molecular weight excluding hydrogens is 1630 g/mol. The first-order valence-electron chi connectivity index (χ1n) is 38.8. The molecule has 6 aromatic rings. The summed E-state index contributed by atoms with van der Waals surface area (Å²) in [7, 11) is 1.42. The van der Waals surface area contributed by atoms with Gasteiger partial charge < -0.3 is 142 Å². The SMILES string of the molecule is CCCCCCCCCCC(=O)N[C@H]1[C@H](OC2C3=CC4=CC2Oc2ccc(cc2Cl)[C@@H](O)[C@@H]2NC(=O)[C@H](NC(=O)[C@@H]4NC(=O)[C@H]4NC(=O)[C@@H](Cc5ccc(cc5)O3)NC(=O)[C@H](NC)c3ccc(O)c(c3)Oc3cc(O)c(Cl)c4c3)c3ccc(O)c(c3)-c3c(O[C@H]4O[C@H](CO)[C@@H](O)[C@H](O)[C@@H]4O)cc(O)cc3[C@@H](C(=O)O)NC2=O)O[C@H](C(=O)O)[C@@H](O)[C@@H]1O. The van der Waals surface area contributed by atoms with Gasteiger partial charge in [0.05, 0.1) is 16.7 Å². The second-order valence-corrected chi connectivity index (χ2v) is 30.8. The number of fused-ring (bicyclic) bond motifs is 14. The molecule has 0 saturated carbocycles. The summed E-state index contributed by atoms with van der Waals surface area (Å²) in [6.07, 6.45) is -16.7. The average Bonchev–Trinajstić information content (AvgIpc) is 0.749. The van der Waals surface area contributed by atoms with Crippen molar-refractivity contribution in [2.24, 2.45) is 0 Å². The number of carboxylic acids is 2. The number of aliphatic carboxylic acids is 2. The molecule has 8 heterocycles. The summed E-state index contributed by atoms with van der Waals surface area (Å²) in [5.41, 5.74) is -3.16. The van der Waals surface area contributed by atoms with Crippen LogP contribution in [0.4, 0.5) is 0 Å². The summed E-state index contributed by atoms with van der Waals surface area (Å²) in [6.45, 7) is 1.10. The zero-order chi connectivity index (χ0) is 86.7. The van der Waals surface area contributed by atoms with E-state index in [9.17, 15) is 85.6 Å². The third-order valence-corrected chi connectivity index (χ3v) is 22.5. The summed E-state index contributed by atoms with van der Waals surface area (Å²) in [5, 5.41) is 167. The summed E-state index contributed by atoms with van der Waals surface area (Å²) >= 11 is 14.2. The Balaban J connectivity index is 1.02. The predicted octanol–water partition coefficient (Wildman–Crippen LogP) is 2.34. The highest BCUT2D eigenvalue weighted by Crippen LogP contribution is 2.48. The van der Waals surface area contributed by atoms with E-state index >= 15 is 24.0 Å². The van der Waals surface area contributed by atoms with Crippen molar-refractivity contribution < 1.29 is 143 Å². The van der Waals surface area contributed by atoms with Crippen molar-refractivity contribution in [3.63, 3.8) is 0 Å².